The van der Waals surface area contributed by atoms with Crippen molar-refractivity contribution in [3.8, 4) is 0 Å². The molecule has 160 valence electrons. The van der Waals surface area contributed by atoms with Crippen molar-refractivity contribution in [1.29, 1.82) is 0 Å². The Labute approximate surface area is 176 Å². The van der Waals surface area contributed by atoms with Gasteiger partial charge in [-0.2, -0.15) is 28.5 Å². The topological polar surface area (TPSA) is 112 Å². The van der Waals surface area contributed by atoms with E-state index in [2.05, 4.69) is 41.9 Å². The highest BCUT2D eigenvalue weighted by atomic mass is 79.9. The highest BCUT2D eigenvalue weighted by Gasteiger charge is 2.39. The lowest BCUT2D eigenvalue weighted by Crippen LogP contribution is -2.21. The lowest BCUT2D eigenvalue weighted by molar-refractivity contribution is -0.144. The van der Waals surface area contributed by atoms with Crippen LogP contribution in [0.15, 0.2) is 16.9 Å². The summed E-state index contributed by atoms with van der Waals surface area (Å²) in [5.41, 5.74) is -0.425. The van der Waals surface area contributed by atoms with Crippen molar-refractivity contribution in [2.45, 2.75) is 13.1 Å². The number of alkyl halides is 3. The third-order valence-electron chi connectivity index (χ3n) is 4.36. The van der Waals surface area contributed by atoms with Crippen LogP contribution in [0, 0.1) is 6.92 Å². The van der Waals surface area contributed by atoms with E-state index in [1.807, 2.05) is 0 Å². The number of hydrogen-bond acceptors (Lipinski definition) is 5. The van der Waals surface area contributed by atoms with Crippen molar-refractivity contribution in [2.75, 3.05) is 10.6 Å². The third-order valence-corrected chi connectivity index (χ3v) is 5.11. The summed E-state index contributed by atoms with van der Waals surface area (Å²) in [4.78, 5) is 25.3. The van der Waals surface area contributed by atoms with E-state index in [1.165, 1.54) is 24.1 Å². The molecule has 14 heteroatoms. The molecule has 30 heavy (non-hydrogen) atoms. The molecule has 0 unspecified atom stereocenters. The molecule has 0 fully saturated rings. The average Bonchev–Trinajstić information content (AvgIpc) is 3.25. The van der Waals surface area contributed by atoms with Crippen LogP contribution in [0.1, 0.15) is 32.4 Å². The van der Waals surface area contributed by atoms with Crippen LogP contribution in [0.2, 0.25) is 0 Å². The molecule has 0 aliphatic heterocycles. The van der Waals surface area contributed by atoms with Crippen LogP contribution in [0.25, 0.3) is 0 Å². The van der Waals surface area contributed by atoms with E-state index in [1.54, 1.807) is 18.7 Å². The van der Waals surface area contributed by atoms with Gasteiger partial charge < -0.3 is 10.6 Å². The van der Waals surface area contributed by atoms with E-state index < -0.39 is 33.9 Å². The van der Waals surface area contributed by atoms with Gasteiger partial charge in [0.15, 0.2) is 11.4 Å². The molecule has 3 rings (SSSR count). The predicted molar refractivity (Wildman–Crippen MR) is 103 cm³/mol. The van der Waals surface area contributed by atoms with Crippen molar-refractivity contribution in [3.63, 3.8) is 0 Å². The zero-order valence-corrected chi connectivity index (χ0v) is 17.8. The Balaban J connectivity index is 1.88. The zero-order valence-electron chi connectivity index (χ0n) is 16.2. The van der Waals surface area contributed by atoms with E-state index in [0.29, 0.717) is 16.1 Å². The highest BCUT2D eigenvalue weighted by molar-refractivity contribution is 9.10. The Hall–Kier alpha value is -3.16. The van der Waals surface area contributed by atoms with Gasteiger partial charge in [0.25, 0.3) is 11.8 Å². The number of aryl methyl sites for hydroxylation is 3. The number of carbonyl (C=O) groups is 2. The second-order valence-corrected chi connectivity index (χ2v) is 7.13. The van der Waals surface area contributed by atoms with E-state index in [4.69, 9.17) is 0 Å². The number of carbonyl (C=O) groups excluding carboxylic acids is 2. The fourth-order valence-corrected chi connectivity index (χ4v) is 3.47. The predicted octanol–water partition coefficient (Wildman–Crippen LogP) is 2.48. The summed E-state index contributed by atoms with van der Waals surface area (Å²) in [6.07, 6.45) is -2.03. The summed E-state index contributed by atoms with van der Waals surface area (Å²) in [6.45, 7) is 1.76. The lowest BCUT2D eigenvalue weighted by Gasteiger charge is -2.08. The van der Waals surface area contributed by atoms with Crippen LogP contribution in [0.4, 0.5) is 24.5 Å². The zero-order chi connectivity index (χ0) is 22.4. The molecular formula is C16H16BrF3N8O2. The summed E-state index contributed by atoms with van der Waals surface area (Å²) in [5, 5.41) is 16.7. The highest BCUT2D eigenvalue weighted by Crippen LogP contribution is 2.36. The smallest absolute Gasteiger partial charge is 0.318 e. The maximum atomic E-state index is 13.1. The maximum absolute atomic E-state index is 13.1. The molecule has 2 N–H and O–H groups in total. The van der Waals surface area contributed by atoms with Crippen LogP contribution < -0.4 is 10.6 Å². The number of hydrogen-bond donors (Lipinski definition) is 2. The van der Waals surface area contributed by atoms with Crippen molar-refractivity contribution >= 4 is 39.1 Å². The molecule has 3 heterocycles. The van der Waals surface area contributed by atoms with Gasteiger partial charge in [0.2, 0.25) is 0 Å². The van der Waals surface area contributed by atoms with Gasteiger partial charge >= 0.3 is 6.18 Å². The number of halogens is 4. The molecular weight excluding hydrogens is 473 g/mol. The van der Waals surface area contributed by atoms with Crippen molar-refractivity contribution in [1.82, 2.24) is 29.3 Å². The first kappa shape index (κ1) is 21.5. The summed E-state index contributed by atoms with van der Waals surface area (Å²) >= 11 is 2.79. The van der Waals surface area contributed by atoms with E-state index in [0.717, 1.165) is 7.05 Å². The first-order chi connectivity index (χ1) is 13.9. The molecule has 0 aromatic carbocycles. The molecule has 0 spiro atoms. The standard InChI is InChI=1S/C16H16BrF3N8O2/c1-7-8(5-21-26(7)2)23-15(30)12-9(6-22-27(12)3)24-14(29)11-10(17)13(16(18,19)20)28(4)25-11/h5-6H,1-4H3,(H,23,30)(H,24,29). The summed E-state index contributed by atoms with van der Waals surface area (Å²) in [5.74, 6) is -1.52. The van der Waals surface area contributed by atoms with E-state index >= 15 is 0 Å². The molecule has 0 saturated carbocycles. The summed E-state index contributed by atoms with van der Waals surface area (Å²) < 4.78 is 42.2. The Morgan fingerprint density at radius 3 is 2.07 bits per heavy atom. The maximum Gasteiger partial charge on any atom is 0.434 e. The van der Waals surface area contributed by atoms with Gasteiger partial charge in [-0.25, -0.2) is 0 Å². The molecule has 0 radical (unpaired) electrons. The Morgan fingerprint density at radius 2 is 1.53 bits per heavy atom. The van der Waals surface area contributed by atoms with E-state index in [-0.39, 0.29) is 11.4 Å². The van der Waals surface area contributed by atoms with Crippen LogP contribution >= 0.6 is 15.9 Å². The minimum Gasteiger partial charge on any atom is -0.318 e. The van der Waals surface area contributed by atoms with Gasteiger partial charge in [-0.3, -0.25) is 23.6 Å². The quantitative estimate of drug-likeness (QED) is 0.585. The van der Waals surface area contributed by atoms with Crippen molar-refractivity contribution in [3.05, 3.63) is 39.6 Å². The number of amides is 2. The minimum atomic E-state index is -4.71. The Kier molecular flexibility index (Phi) is 5.45. The van der Waals surface area contributed by atoms with Crippen LogP contribution in [-0.4, -0.2) is 41.2 Å². The van der Waals surface area contributed by atoms with Gasteiger partial charge in [-0.1, -0.05) is 0 Å². The fraction of sp³-hybridized carbons (Fsp3) is 0.312. The SMILES string of the molecule is Cc1c(NC(=O)c2c(NC(=O)c3nn(C)c(C(F)(F)F)c3Br)cnn2C)cnn1C. The number of anilines is 2. The number of aromatic nitrogens is 6. The normalized spacial score (nSPS) is 11.6. The number of nitrogens with one attached hydrogen (secondary N) is 2. The fourth-order valence-electron chi connectivity index (χ4n) is 2.73. The minimum absolute atomic E-state index is 0.00491. The van der Waals surface area contributed by atoms with E-state index in [9.17, 15) is 22.8 Å². The third kappa shape index (κ3) is 3.81. The van der Waals surface area contributed by atoms with Gasteiger partial charge in [-0.05, 0) is 22.9 Å². The molecule has 10 nitrogen and oxygen atoms in total. The van der Waals surface area contributed by atoms with Crippen molar-refractivity contribution < 1.29 is 22.8 Å². The molecule has 3 aromatic heterocycles. The van der Waals surface area contributed by atoms with Gasteiger partial charge in [0.05, 0.1) is 33.9 Å². The van der Waals surface area contributed by atoms with Crippen molar-refractivity contribution in [2.24, 2.45) is 21.1 Å². The number of nitrogens with zero attached hydrogens (tertiary/aromatic N) is 6. The Bertz CT molecular complexity index is 1140. The lowest BCUT2D eigenvalue weighted by atomic mass is 10.3. The Morgan fingerprint density at radius 1 is 0.967 bits per heavy atom. The summed E-state index contributed by atoms with van der Waals surface area (Å²) in [6, 6.07) is 0. The van der Waals surface area contributed by atoms with Gasteiger partial charge in [0.1, 0.15) is 5.69 Å². The van der Waals surface area contributed by atoms with Crippen LogP contribution in [0.5, 0.6) is 0 Å². The molecule has 0 aliphatic carbocycles. The van der Waals surface area contributed by atoms with Gasteiger partial charge in [0, 0.05) is 21.1 Å². The second-order valence-electron chi connectivity index (χ2n) is 6.34. The molecule has 2 amide bonds. The molecule has 0 saturated heterocycles. The molecule has 3 aromatic rings. The molecule has 0 aliphatic rings. The van der Waals surface area contributed by atoms with Crippen LogP contribution in [-0.2, 0) is 27.3 Å². The summed E-state index contributed by atoms with van der Waals surface area (Å²) in [7, 11) is 4.27. The average molecular weight is 489 g/mol. The molecule has 0 atom stereocenters. The second kappa shape index (κ2) is 7.59. The van der Waals surface area contributed by atoms with Gasteiger partial charge in [-0.15, -0.1) is 0 Å². The largest absolute Gasteiger partial charge is 0.434 e. The van der Waals surface area contributed by atoms with Crippen LogP contribution in [0.3, 0.4) is 0 Å². The monoisotopic (exact) mass is 488 g/mol. The molecule has 0 bridgehead atoms. The number of rotatable bonds is 4. The first-order valence-electron chi connectivity index (χ1n) is 8.34. The first-order valence-corrected chi connectivity index (χ1v) is 9.14.